The summed E-state index contributed by atoms with van der Waals surface area (Å²) in [5, 5.41) is 17.4. The minimum Gasteiger partial charge on any atom is -0.490 e. The third-order valence-corrected chi connectivity index (χ3v) is 4.14. The maximum atomic E-state index is 10.0. The smallest absolute Gasteiger partial charge is 0.159 e. The van der Waals surface area contributed by atoms with Crippen LogP contribution in [0.25, 0.3) is 12.2 Å². The Balaban J connectivity index is 1.58. The Labute approximate surface area is 148 Å². The molecule has 0 aliphatic heterocycles. The molecule has 1 heterocycles. The summed E-state index contributed by atoms with van der Waals surface area (Å²) in [6, 6.07) is 10.3. The number of nitrogens with one attached hydrogen (secondary N) is 1. The number of aliphatic hydroxyl groups is 1. The Hall–Kier alpha value is -2.11. The van der Waals surface area contributed by atoms with Gasteiger partial charge in [0, 0.05) is 24.2 Å². The molecule has 1 fully saturated rings. The first kappa shape index (κ1) is 17.7. The molecule has 0 amide bonds. The zero-order valence-corrected chi connectivity index (χ0v) is 14.8. The average molecular weight is 342 g/mol. The van der Waals surface area contributed by atoms with Crippen LogP contribution in [0.4, 0.5) is 0 Å². The minimum atomic E-state index is -0.513. The largest absolute Gasteiger partial charge is 0.490 e. The Kier molecular flexibility index (Phi) is 5.89. The highest BCUT2D eigenvalue weighted by atomic mass is 16.5. The lowest BCUT2D eigenvalue weighted by Crippen LogP contribution is -2.32. The van der Waals surface area contributed by atoms with E-state index in [9.17, 15) is 5.11 Å². The molecule has 1 aliphatic rings. The summed E-state index contributed by atoms with van der Waals surface area (Å²) in [4.78, 5) is 0. The highest BCUT2D eigenvalue weighted by Crippen LogP contribution is 2.22. The third-order valence-electron chi connectivity index (χ3n) is 4.14. The standard InChI is InChI=1S/C20H26N2O3/c1-14(2)19-11-18(25-22-19)10-7-15-5-3-4-6-20(15)24-13-17(23)12-21-16-8-9-16/h3-7,10-11,14,16-17,21,23H,8-9,12-13H2,1-2H3/b10-7+. The number of ether oxygens (including phenoxy) is 1. The second kappa shape index (κ2) is 8.32. The Morgan fingerprint density at radius 3 is 2.84 bits per heavy atom. The van der Waals surface area contributed by atoms with E-state index in [1.165, 1.54) is 12.8 Å². The van der Waals surface area contributed by atoms with Gasteiger partial charge in [0.05, 0.1) is 5.69 Å². The molecule has 5 nitrogen and oxygen atoms in total. The normalized spacial score (nSPS) is 15.8. The van der Waals surface area contributed by atoms with E-state index >= 15 is 0 Å². The lowest BCUT2D eigenvalue weighted by Gasteiger charge is -2.14. The summed E-state index contributed by atoms with van der Waals surface area (Å²) in [5.41, 5.74) is 1.88. The summed E-state index contributed by atoms with van der Waals surface area (Å²) in [7, 11) is 0. The zero-order chi connectivity index (χ0) is 17.6. The van der Waals surface area contributed by atoms with Gasteiger partial charge in [0.15, 0.2) is 5.76 Å². The number of aliphatic hydroxyl groups excluding tert-OH is 1. The lowest BCUT2D eigenvalue weighted by molar-refractivity contribution is 0.106. The van der Waals surface area contributed by atoms with Crippen LogP contribution in [0.1, 0.15) is 49.6 Å². The predicted molar refractivity (Wildman–Crippen MR) is 98.5 cm³/mol. The van der Waals surface area contributed by atoms with E-state index in [1.54, 1.807) is 0 Å². The van der Waals surface area contributed by atoms with Gasteiger partial charge in [-0.1, -0.05) is 37.2 Å². The monoisotopic (exact) mass is 342 g/mol. The molecule has 1 atom stereocenters. The summed E-state index contributed by atoms with van der Waals surface area (Å²) >= 11 is 0. The van der Waals surface area contributed by atoms with Crippen LogP contribution in [0, 0.1) is 0 Å². The van der Waals surface area contributed by atoms with Gasteiger partial charge in [-0.3, -0.25) is 0 Å². The minimum absolute atomic E-state index is 0.268. The first-order valence-electron chi connectivity index (χ1n) is 8.90. The van der Waals surface area contributed by atoms with Crippen molar-refractivity contribution in [2.75, 3.05) is 13.2 Å². The van der Waals surface area contributed by atoms with Gasteiger partial charge in [-0.25, -0.2) is 0 Å². The maximum Gasteiger partial charge on any atom is 0.159 e. The Morgan fingerprint density at radius 2 is 2.12 bits per heavy atom. The molecular weight excluding hydrogens is 316 g/mol. The van der Waals surface area contributed by atoms with Gasteiger partial charge in [0.2, 0.25) is 0 Å². The number of rotatable bonds is 9. The molecule has 1 aromatic carbocycles. The van der Waals surface area contributed by atoms with Gasteiger partial charge in [0.1, 0.15) is 18.5 Å². The van der Waals surface area contributed by atoms with Gasteiger partial charge in [0.25, 0.3) is 0 Å². The molecule has 0 bridgehead atoms. The van der Waals surface area contributed by atoms with Crippen LogP contribution in [0.15, 0.2) is 34.9 Å². The van der Waals surface area contributed by atoms with Crippen LogP contribution in [0.2, 0.25) is 0 Å². The summed E-state index contributed by atoms with van der Waals surface area (Å²) in [6.45, 7) is 5.00. The van der Waals surface area contributed by atoms with Gasteiger partial charge in [-0.15, -0.1) is 0 Å². The van der Waals surface area contributed by atoms with Crippen LogP contribution in [0.5, 0.6) is 5.75 Å². The summed E-state index contributed by atoms with van der Waals surface area (Å²) < 4.78 is 11.1. The molecule has 3 rings (SSSR count). The lowest BCUT2D eigenvalue weighted by atomic mass is 10.1. The first-order chi connectivity index (χ1) is 12.1. The molecule has 5 heteroatoms. The molecule has 1 unspecified atom stereocenters. The third kappa shape index (κ3) is 5.44. The summed E-state index contributed by atoms with van der Waals surface area (Å²) in [6.07, 6.45) is 5.73. The molecule has 0 radical (unpaired) electrons. The van der Waals surface area contributed by atoms with Crippen molar-refractivity contribution in [3.8, 4) is 5.75 Å². The fraction of sp³-hybridized carbons (Fsp3) is 0.450. The number of para-hydroxylation sites is 1. The number of nitrogens with zero attached hydrogens (tertiary/aromatic N) is 1. The van der Waals surface area contributed by atoms with E-state index < -0.39 is 6.10 Å². The molecule has 0 saturated heterocycles. The molecule has 1 aromatic heterocycles. The van der Waals surface area contributed by atoms with Gasteiger partial charge in [-0.05, 0) is 37.0 Å². The van der Waals surface area contributed by atoms with Crippen LogP contribution in [-0.4, -0.2) is 35.6 Å². The van der Waals surface area contributed by atoms with Crippen molar-refractivity contribution in [2.45, 2.75) is 44.8 Å². The van der Waals surface area contributed by atoms with E-state index in [-0.39, 0.29) is 6.61 Å². The molecule has 134 valence electrons. The van der Waals surface area contributed by atoms with Crippen LogP contribution >= 0.6 is 0 Å². The van der Waals surface area contributed by atoms with Crippen LogP contribution < -0.4 is 10.1 Å². The van der Waals surface area contributed by atoms with Gasteiger partial charge < -0.3 is 19.7 Å². The highest BCUT2D eigenvalue weighted by Gasteiger charge is 2.21. The summed E-state index contributed by atoms with van der Waals surface area (Å²) in [5.74, 6) is 1.80. The topological polar surface area (TPSA) is 67.5 Å². The molecular formula is C20H26N2O3. The van der Waals surface area contributed by atoms with E-state index in [1.807, 2.05) is 42.5 Å². The van der Waals surface area contributed by atoms with Crippen molar-refractivity contribution < 1.29 is 14.4 Å². The second-order valence-corrected chi connectivity index (χ2v) is 6.83. The van der Waals surface area contributed by atoms with E-state index in [4.69, 9.17) is 9.26 Å². The van der Waals surface area contributed by atoms with E-state index in [2.05, 4.69) is 24.3 Å². The van der Waals surface area contributed by atoms with Crippen LogP contribution in [-0.2, 0) is 0 Å². The molecule has 25 heavy (non-hydrogen) atoms. The highest BCUT2D eigenvalue weighted by molar-refractivity contribution is 5.70. The number of benzene rings is 1. The fourth-order valence-electron chi connectivity index (χ4n) is 2.41. The fourth-order valence-corrected chi connectivity index (χ4v) is 2.41. The second-order valence-electron chi connectivity index (χ2n) is 6.83. The van der Waals surface area contributed by atoms with Crippen molar-refractivity contribution in [2.24, 2.45) is 0 Å². The number of hydrogen-bond acceptors (Lipinski definition) is 5. The van der Waals surface area contributed by atoms with Gasteiger partial charge in [-0.2, -0.15) is 0 Å². The number of hydrogen-bond donors (Lipinski definition) is 2. The van der Waals surface area contributed by atoms with Crippen LogP contribution in [0.3, 0.4) is 0 Å². The molecule has 0 spiro atoms. The molecule has 2 N–H and O–H groups in total. The van der Waals surface area contributed by atoms with Crippen molar-refractivity contribution in [3.05, 3.63) is 47.3 Å². The molecule has 2 aromatic rings. The van der Waals surface area contributed by atoms with Gasteiger partial charge >= 0.3 is 0 Å². The van der Waals surface area contributed by atoms with E-state index in [0.29, 0.717) is 24.3 Å². The van der Waals surface area contributed by atoms with Crippen molar-refractivity contribution in [1.82, 2.24) is 10.5 Å². The molecule has 1 saturated carbocycles. The number of aromatic nitrogens is 1. The maximum absolute atomic E-state index is 10.0. The zero-order valence-electron chi connectivity index (χ0n) is 14.8. The SMILES string of the molecule is CC(C)c1cc(/C=C/c2ccccc2OCC(O)CNC2CC2)on1. The van der Waals surface area contributed by atoms with Crippen molar-refractivity contribution >= 4 is 12.2 Å². The quantitative estimate of drug-likeness (QED) is 0.730. The van der Waals surface area contributed by atoms with E-state index in [0.717, 1.165) is 17.0 Å². The Bertz CT molecular complexity index is 704. The molecule has 1 aliphatic carbocycles. The first-order valence-corrected chi connectivity index (χ1v) is 8.90. The Morgan fingerprint density at radius 1 is 1.32 bits per heavy atom. The van der Waals surface area contributed by atoms with Crippen molar-refractivity contribution in [3.63, 3.8) is 0 Å². The van der Waals surface area contributed by atoms with Crippen molar-refractivity contribution in [1.29, 1.82) is 0 Å². The average Bonchev–Trinajstić information content (AvgIpc) is 3.32. The predicted octanol–water partition coefficient (Wildman–Crippen LogP) is 3.46.